The van der Waals surface area contributed by atoms with E-state index in [9.17, 15) is 5.11 Å². The summed E-state index contributed by atoms with van der Waals surface area (Å²) in [6.45, 7) is 2.82. The Morgan fingerprint density at radius 1 is 1.14 bits per heavy atom. The highest BCUT2D eigenvalue weighted by molar-refractivity contribution is 7.09. The number of hydrogen-bond donors (Lipinski definition) is 1. The third-order valence-electron chi connectivity index (χ3n) is 4.66. The molecule has 0 spiro atoms. The van der Waals surface area contributed by atoms with Crippen LogP contribution in [0.4, 0.5) is 5.82 Å². The molecule has 0 saturated heterocycles. The van der Waals surface area contributed by atoms with E-state index in [1.54, 1.807) is 23.5 Å². The molecule has 142 valence electrons. The second kappa shape index (κ2) is 7.73. The summed E-state index contributed by atoms with van der Waals surface area (Å²) in [5, 5.41) is 11.8. The Hall–Kier alpha value is -2.70. The molecule has 4 rings (SSSR count). The molecular formula is C21H19ClN4OS. The molecule has 0 fully saturated rings. The van der Waals surface area contributed by atoms with Gasteiger partial charge in [0.05, 0.1) is 22.3 Å². The van der Waals surface area contributed by atoms with Crippen molar-refractivity contribution in [3.8, 4) is 17.1 Å². The summed E-state index contributed by atoms with van der Waals surface area (Å²) in [7, 11) is 2.02. The minimum Gasteiger partial charge on any atom is -0.507 e. The molecule has 2 heterocycles. The van der Waals surface area contributed by atoms with Gasteiger partial charge in [0.2, 0.25) is 0 Å². The molecule has 4 aromatic rings. The van der Waals surface area contributed by atoms with Crippen molar-refractivity contribution in [3.63, 3.8) is 0 Å². The van der Waals surface area contributed by atoms with Crippen LogP contribution in [0.25, 0.3) is 22.3 Å². The first-order valence-electron chi connectivity index (χ1n) is 8.88. The van der Waals surface area contributed by atoms with E-state index in [4.69, 9.17) is 16.6 Å². The SMILES string of the molecule is Cc1ncsc1CCN(C)c1nc(-c2ccccc2O)nc2cc(Cl)ccc12. The van der Waals surface area contributed by atoms with E-state index in [1.807, 2.05) is 49.8 Å². The molecule has 7 heteroatoms. The van der Waals surface area contributed by atoms with E-state index in [1.165, 1.54) is 4.88 Å². The summed E-state index contributed by atoms with van der Waals surface area (Å²) in [5.74, 6) is 1.43. The van der Waals surface area contributed by atoms with Gasteiger partial charge in [-0.15, -0.1) is 11.3 Å². The van der Waals surface area contributed by atoms with Gasteiger partial charge in [-0.1, -0.05) is 23.7 Å². The van der Waals surface area contributed by atoms with E-state index >= 15 is 0 Å². The number of phenolic OH excluding ortho intramolecular Hbond substituents is 1. The van der Waals surface area contributed by atoms with Gasteiger partial charge in [0.15, 0.2) is 5.82 Å². The fourth-order valence-corrected chi connectivity index (χ4v) is 4.04. The molecule has 0 atom stereocenters. The highest BCUT2D eigenvalue weighted by Crippen LogP contribution is 2.32. The molecule has 2 aromatic carbocycles. The maximum Gasteiger partial charge on any atom is 0.165 e. The number of aromatic nitrogens is 3. The lowest BCUT2D eigenvalue weighted by atomic mass is 10.1. The van der Waals surface area contributed by atoms with Crippen LogP contribution in [0, 0.1) is 6.92 Å². The van der Waals surface area contributed by atoms with Gasteiger partial charge in [0.1, 0.15) is 11.6 Å². The first-order chi connectivity index (χ1) is 13.5. The minimum absolute atomic E-state index is 0.151. The zero-order chi connectivity index (χ0) is 19.7. The lowest BCUT2D eigenvalue weighted by molar-refractivity contribution is 0.477. The van der Waals surface area contributed by atoms with Crippen LogP contribution in [0.3, 0.4) is 0 Å². The predicted octanol–water partition coefficient (Wildman–Crippen LogP) is 5.10. The molecule has 0 unspecified atom stereocenters. The highest BCUT2D eigenvalue weighted by atomic mass is 35.5. The average Bonchev–Trinajstić information content (AvgIpc) is 3.10. The van der Waals surface area contributed by atoms with Gasteiger partial charge in [-0.05, 0) is 37.3 Å². The van der Waals surface area contributed by atoms with Gasteiger partial charge in [-0.3, -0.25) is 0 Å². The summed E-state index contributed by atoms with van der Waals surface area (Å²) in [4.78, 5) is 17.1. The summed E-state index contributed by atoms with van der Waals surface area (Å²) < 4.78 is 0. The number of rotatable bonds is 5. The maximum absolute atomic E-state index is 10.3. The minimum atomic E-state index is 0.151. The van der Waals surface area contributed by atoms with E-state index in [0.29, 0.717) is 16.4 Å². The first kappa shape index (κ1) is 18.7. The number of aromatic hydroxyl groups is 1. The number of para-hydroxylation sites is 1. The number of fused-ring (bicyclic) bond motifs is 1. The van der Waals surface area contributed by atoms with E-state index in [-0.39, 0.29) is 5.75 Å². The van der Waals surface area contributed by atoms with Crippen molar-refractivity contribution in [3.05, 3.63) is 63.6 Å². The van der Waals surface area contributed by atoms with Crippen molar-refractivity contribution in [2.75, 3.05) is 18.5 Å². The maximum atomic E-state index is 10.3. The van der Waals surface area contributed by atoms with Gasteiger partial charge in [-0.2, -0.15) is 0 Å². The Labute approximate surface area is 172 Å². The van der Waals surface area contributed by atoms with Crippen LogP contribution >= 0.6 is 22.9 Å². The summed E-state index contributed by atoms with van der Waals surface area (Å²) >= 11 is 7.87. The molecule has 2 aromatic heterocycles. The number of halogens is 1. The van der Waals surface area contributed by atoms with Crippen molar-refractivity contribution in [1.82, 2.24) is 15.0 Å². The predicted molar refractivity (Wildman–Crippen MR) is 115 cm³/mol. The van der Waals surface area contributed by atoms with Crippen LogP contribution in [-0.2, 0) is 6.42 Å². The summed E-state index contributed by atoms with van der Waals surface area (Å²) in [5.41, 5.74) is 4.30. The second-order valence-electron chi connectivity index (χ2n) is 6.58. The largest absolute Gasteiger partial charge is 0.507 e. The highest BCUT2D eigenvalue weighted by Gasteiger charge is 2.15. The monoisotopic (exact) mass is 410 g/mol. The van der Waals surface area contributed by atoms with Gasteiger partial charge in [0, 0.05) is 35.3 Å². The van der Waals surface area contributed by atoms with Crippen LogP contribution in [0.15, 0.2) is 48.0 Å². The Morgan fingerprint density at radius 3 is 2.71 bits per heavy atom. The van der Waals surface area contributed by atoms with Crippen molar-refractivity contribution >= 4 is 39.7 Å². The number of likely N-dealkylation sites (N-methyl/N-ethyl adjacent to an activating group) is 1. The Balaban J connectivity index is 1.77. The molecule has 0 aliphatic rings. The average molecular weight is 411 g/mol. The normalized spacial score (nSPS) is 11.1. The molecule has 0 aliphatic carbocycles. The smallest absolute Gasteiger partial charge is 0.165 e. The zero-order valence-electron chi connectivity index (χ0n) is 15.6. The van der Waals surface area contributed by atoms with Crippen molar-refractivity contribution in [2.24, 2.45) is 0 Å². The Bertz CT molecular complexity index is 1140. The van der Waals surface area contributed by atoms with E-state index in [2.05, 4.69) is 14.9 Å². The molecule has 0 bridgehead atoms. The molecule has 1 N–H and O–H groups in total. The first-order valence-corrected chi connectivity index (χ1v) is 10.1. The summed E-state index contributed by atoms with van der Waals surface area (Å²) in [6, 6.07) is 12.7. The zero-order valence-corrected chi connectivity index (χ0v) is 17.1. The quantitative estimate of drug-likeness (QED) is 0.496. The number of benzene rings is 2. The van der Waals surface area contributed by atoms with Crippen LogP contribution in [0.1, 0.15) is 10.6 Å². The third-order valence-corrected chi connectivity index (χ3v) is 5.89. The molecular weight excluding hydrogens is 392 g/mol. The number of thiazole rings is 1. The van der Waals surface area contributed by atoms with E-state index in [0.717, 1.165) is 35.4 Å². The standard InChI is InChI=1S/C21H19ClN4OS/c1-13-19(28-12-23-13)9-10-26(2)21-15-8-7-14(22)11-17(15)24-20(25-21)16-5-3-4-6-18(16)27/h3-8,11-12,27H,9-10H2,1-2H3. The summed E-state index contributed by atoms with van der Waals surface area (Å²) in [6.07, 6.45) is 0.887. The number of nitrogens with zero attached hydrogens (tertiary/aromatic N) is 4. The molecule has 0 aliphatic heterocycles. The fourth-order valence-electron chi connectivity index (χ4n) is 3.10. The molecule has 0 saturated carbocycles. The lowest BCUT2D eigenvalue weighted by Crippen LogP contribution is -2.22. The molecule has 0 amide bonds. The number of anilines is 1. The van der Waals surface area contributed by atoms with Crippen LogP contribution in [-0.4, -0.2) is 33.7 Å². The lowest BCUT2D eigenvalue weighted by Gasteiger charge is -2.21. The fraction of sp³-hybridized carbons (Fsp3) is 0.190. The van der Waals surface area contributed by atoms with Crippen LogP contribution < -0.4 is 4.90 Å². The van der Waals surface area contributed by atoms with Crippen LogP contribution in [0.5, 0.6) is 5.75 Å². The van der Waals surface area contributed by atoms with Gasteiger partial charge in [0.25, 0.3) is 0 Å². The van der Waals surface area contributed by atoms with E-state index < -0.39 is 0 Å². The number of hydrogen-bond acceptors (Lipinski definition) is 6. The van der Waals surface area contributed by atoms with Gasteiger partial charge in [-0.25, -0.2) is 15.0 Å². The number of phenols is 1. The van der Waals surface area contributed by atoms with Crippen molar-refractivity contribution in [1.29, 1.82) is 0 Å². The third kappa shape index (κ3) is 3.66. The van der Waals surface area contributed by atoms with Crippen molar-refractivity contribution < 1.29 is 5.11 Å². The Morgan fingerprint density at radius 2 is 1.96 bits per heavy atom. The second-order valence-corrected chi connectivity index (χ2v) is 7.96. The van der Waals surface area contributed by atoms with Gasteiger partial charge < -0.3 is 10.0 Å². The van der Waals surface area contributed by atoms with Crippen LogP contribution in [0.2, 0.25) is 5.02 Å². The van der Waals surface area contributed by atoms with Crippen molar-refractivity contribution in [2.45, 2.75) is 13.3 Å². The topological polar surface area (TPSA) is 62.1 Å². The number of aryl methyl sites for hydroxylation is 1. The van der Waals surface area contributed by atoms with Gasteiger partial charge >= 0.3 is 0 Å². The molecule has 0 radical (unpaired) electrons. The molecule has 5 nitrogen and oxygen atoms in total. The molecule has 28 heavy (non-hydrogen) atoms. The Kier molecular flexibility index (Phi) is 5.15.